The summed E-state index contributed by atoms with van der Waals surface area (Å²) in [5, 5.41) is 3.93. The summed E-state index contributed by atoms with van der Waals surface area (Å²) in [6.45, 7) is 3.98. The maximum absolute atomic E-state index is 14.1. The molecule has 5 aromatic rings. The minimum atomic E-state index is -0.446. The van der Waals surface area contributed by atoms with E-state index in [1.165, 1.54) is 23.0 Å². The zero-order valence-electron chi connectivity index (χ0n) is 19.2. The van der Waals surface area contributed by atoms with Crippen LogP contribution in [0.2, 0.25) is 5.02 Å². The van der Waals surface area contributed by atoms with Crippen molar-refractivity contribution in [3.05, 3.63) is 105 Å². The summed E-state index contributed by atoms with van der Waals surface area (Å²) < 4.78 is 17.1. The molecule has 0 aliphatic carbocycles. The van der Waals surface area contributed by atoms with Crippen molar-refractivity contribution in [1.29, 1.82) is 0 Å². The van der Waals surface area contributed by atoms with Crippen molar-refractivity contribution >= 4 is 45.1 Å². The molecule has 2 heterocycles. The van der Waals surface area contributed by atoms with E-state index in [9.17, 15) is 14.0 Å². The average Bonchev–Trinajstić information content (AvgIpc) is 3.12. The minimum Gasteiger partial charge on any atom is -0.325 e. The molecule has 0 atom stereocenters. The van der Waals surface area contributed by atoms with Gasteiger partial charge in [0.25, 0.3) is 5.56 Å². The number of carbonyl (C=O) groups is 1. The lowest BCUT2D eigenvalue weighted by Gasteiger charge is -2.12. The van der Waals surface area contributed by atoms with Gasteiger partial charge in [0.1, 0.15) is 23.4 Å². The van der Waals surface area contributed by atoms with Gasteiger partial charge in [0.2, 0.25) is 5.91 Å². The molecule has 8 heteroatoms. The molecular weight excluding hydrogens is 467 g/mol. The fourth-order valence-corrected chi connectivity index (χ4v) is 4.54. The summed E-state index contributed by atoms with van der Waals surface area (Å²) in [5.41, 5.74) is 4.28. The Kier molecular flexibility index (Phi) is 5.86. The molecule has 0 fully saturated rings. The zero-order chi connectivity index (χ0) is 24.7. The molecule has 35 heavy (non-hydrogen) atoms. The first-order valence-electron chi connectivity index (χ1n) is 11.1. The second-order valence-corrected chi connectivity index (χ2v) is 8.99. The van der Waals surface area contributed by atoms with Gasteiger partial charge in [-0.2, -0.15) is 0 Å². The van der Waals surface area contributed by atoms with E-state index in [1.807, 2.05) is 50.2 Å². The third kappa shape index (κ3) is 4.31. The van der Waals surface area contributed by atoms with Crippen LogP contribution in [-0.2, 0) is 17.9 Å². The normalized spacial score (nSPS) is 11.3. The first-order valence-corrected chi connectivity index (χ1v) is 11.5. The maximum atomic E-state index is 14.1. The van der Waals surface area contributed by atoms with Crippen LogP contribution < -0.4 is 10.9 Å². The van der Waals surface area contributed by atoms with E-state index >= 15 is 0 Å². The van der Waals surface area contributed by atoms with Gasteiger partial charge in [0.15, 0.2) is 0 Å². The molecule has 6 nitrogen and oxygen atoms in total. The van der Waals surface area contributed by atoms with Gasteiger partial charge in [-0.25, -0.2) is 9.37 Å². The molecule has 0 saturated heterocycles. The lowest BCUT2D eigenvalue weighted by molar-refractivity contribution is -0.116. The van der Waals surface area contributed by atoms with Gasteiger partial charge in [-0.15, -0.1) is 0 Å². The highest BCUT2D eigenvalue weighted by Gasteiger charge is 2.19. The number of halogens is 2. The van der Waals surface area contributed by atoms with E-state index in [-0.39, 0.29) is 30.1 Å². The van der Waals surface area contributed by atoms with Gasteiger partial charge in [-0.1, -0.05) is 47.5 Å². The van der Waals surface area contributed by atoms with Crippen molar-refractivity contribution < 1.29 is 9.18 Å². The molecule has 1 amide bonds. The van der Waals surface area contributed by atoms with Crippen LogP contribution in [0.25, 0.3) is 21.9 Å². The fraction of sp³-hybridized carbons (Fsp3) is 0.148. The van der Waals surface area contributed by atoms with Crippen LogP contribution in [0.1, 0.15) is 16.7 Å². The summed E-state index contributed by atoms with van der Waals surface area (Å²) in [4.78, 5) is 31.1. The van der Waals surface area contributed by atoms with Gasteiger partial charge >= 0.3 is 0 Å². The fourth-order valence-electron chi connectivity index (χ4n) is 4.35. The van der Waals surface area contributed by atoms with E-state index in [0.717, 1.165) is 16.7 Å². The molecule has 0 spiro atoms. The second kappa shape index (κ2) is 9.00. The Labute approximate surface area is 205 Å². The summed E-state index contributed by atoms with van der Waals surface area (Å²) >= 11 is 6.29. The summed E-state index contributed by atoms with van der Waals surface area (Å²) in [5.74, 6) is -0.751. The highest BCUT2D eigenvalue weighted by atomic mass is 35.5. The molecule has 0 bridgehead atoms. The Balaban J connectivity index is 1.61. The van der Waals surface area contributed by atoms with Crippen LogP contribution in [0.4, 0.5) is 10.1 Å². The number of hydrogen-bond acceptors (Lipinski definition) is 3. The smallest absolute Gasteiger partial charge is 0.278 e. The average molecular weight is 489 g/mol. The first kappa shape index (κ1) is 22.8. The summed E-state index contributed by atoms with van der Waals surface area (Å²) in [6.07, 6.45) is 1.43. The number of carbonyl (C=O) groups excluding carboxylic acids is 1. The van der Waals surface area contributed by atoms with Crippen LogP contribution in [0, 0.1) is 19.7 Å². The third-order valence-electron chi connectivity index (χ3n) is 6.04. The molecule has 5 rings (SSSR count). The number of aryl methyl sites for hydroxylation is 2. The van der Waals surface area contributed by atoms with Crippen LogP contribution in [0.3, 0.4) is 0 Å². The number of nitrogens with zero attached hydrogens (tertiary/aromatic N) is 3. The Bertz CT molecular complexity index is 1670. The predicted molar refractivity (Wildman–Crippen MR) is 137 cm³/mol. The number of nitrogens with one attached hydrogen (secondary N) is 1. The van der Waals surface area contributed by atoms with E-state index in [1.54, 1.807) is 16.7 Å². The quantitative estimate of drug-likeness (QED) is 0.358. The summed E-state index contributed by atoms with van der Waals surface area (Å²) in [7, 11) is 0. The van der Waals surface area contributed by atoms with Crippen LogP contribution in [0.5, 0.6) is 0 Å². The predicted octanol–water partition coefficient (Wildman–Crippen LogP) is 5.45. The molecule has 2 aromatic heterocycles. The number of amides is 1. The van der Waals surface area contributed by atoms with Crippen molar-refractivity contribution in [2.24, 2.45) is 0 Å². The Morgan fingerprint density at radius 1 is 1.09 bits per heavy atom. The standard InChI is InChI=1S/C27H22ClFN4O2/c1-16-7-9-22(17(2)11-16)31-24(34)14-33-23-10-8-19(29)12-20(23)25-26(33)27(35)32(15-30-25)13-18-5-3-4-6-21(18)28/h3-12,15H,13-14H2,1-2H3,(H,31,34). The minimum absolute atomic E-state index is 0.133. The van der Waals surface area contributed by atoms with Gasteiger partial charge in [0.05, 0.1) is 18.4 Å². The summed E-state index contributed by atoms with van der Waals surface area (Å²) in [6, 6.07) is 17.2. The van der Waals surface area contributed by atoms with E-state index in [4.69, 9.17) is 11.6 Å². The van der Waals surface area contributed by atoms with Crippen molar-refractivity contribution in [1.82, 2.24) is 14.1 Å². The van der Waals surface area contributed by atoms with Crippen LogP contribution in [0.15, 0.2) is 71.8 Å². The molecule has 1 N–H and O–H groups in total. The number of rotatable bonds is 5. The third-order valence-corrected chi connectivity index (χ3v) is 6.41. The molecule has 0 aliphatic rings. The van der Waals surface area contributed by atoms with Gasteiger partial charge in [-0.05, 0) is 55.3 Å². The topological polar surface area (TPSA) is 68.9 Å². The Morgan fingerprint density at radius 3 is 2.66 bits per heavy atom. The first-order chi connectivity index (χ1) is 16.8. The van der Waals surface area contributed by atoms with Crippen LogP contribution in [-0.4, -0.2) is 20.0 Å². The van der Waals surface area contributed by atoms with Crippen molar-refractivity contribution in [3.8, 4) is 0 Å². The number of anilines is 1. The maximum Gasteiger partial charge on any atom is 0.278 e. The molecule has 3 aromatic carbocycles. The highest BCUT2D eigenvalue weighted by molar-refractivity contribution is 6.31. The number of hydrogen-bond donors (Lipinski definition) is 1. The van der Waals surface area contributed by atoms with Crippen molar-refractivity contribution in [2.75, 3.05) is 5.32 Å². The Hall–Kier alpha value is -3.97. The van der Waals surface area contributed by atoms with Crippen molar-refractivity contribution in [3.63, 3.8) is 0 Å². The lowest BCUT2D eigenvalue weighted by atomic mass is 10.1. The van der Waals surface area contributed by atoms with Crippen molar-refractivity contribution in [2.45, 2.75) is 26.9 Å². The zero-order valence-corrected chi connectivity index (χ0v) is 19.9. The van der Waals surface area contributed by atoms with E-state index in [2.05, 4.69) is 10.3 Å². The number of fused-ring (bicyclic) bond motifs is 3. The number of benzene rings is 3. The number of aromatic nitrogens is 3. The SMILES string of the molecule is Cc1ccc(NC(=O)Cn2c3ccc(F)cc3c3ncn(Cc4ccccc4Cl)c(=O)c32)c(C)c1. The van der Waals surface area contributed by atoms with E-state index < -0.39 is 5.82 Å². The second-order valence-electron chi connectivity index (χ2n) is 8.58. The lowest BCUT2D eigenvalue weighted by Crippen LogP contribution is -2.25. The molecule has 0 aliphatic heterocycles. The monoisotopic (exact) mass is 488 g/mol. The van der Waals surface area contributed by atoms with Crippen LogP contribution >= 0.6 is 11.6 Å². The molecule has 0 unspecified atom stereocenters. The van der Waals surface area contributed by atoms with Gasteiger partial charge < -0.3 is 9.88 Å². The highest BCUT2D eigenvalue weighted by Crippen LogP contribution is 2.27. The van der Waals surface area contributed by atoms with Gasteiger partial charge in [0, 0.05) is 16.1 Å². The largest absolute Gasteiger partial charge is 0.325 e. The van der Waals surface area contributed by atoms with E-state index in [0.29, 0.717) is 27.1 Å². The molecular formula is C27H22ClFN4O2. The molecule has 0 saturated carbocycles. The molecule has 0 radical (unpaired) electrons. The molecule has 176 valence electrons. The Morgan fingerprint density at radius 2 is 1.89 bits per heavy atom. The van der Waals surface area contributed by atoms with Gasteiger partial charge in [-0.3, -0.25) is 14.2 Å².